The second-order valence-electron chi connectivity index (χ2n) is 8.24. The number of benzene rings is 1. The van der Waals surface area contributed by atoms with Crippen molar-refractivity contribution in [1.82, 2.24) is 25.6 Å². The minimum absolute atomic E-state index is 0.0642. The van der Waals surface area contributed by atoms with Gasteiger partial charge in [-0.3, -0.25) is 14.0 Å². The number of carbonyl (C=O) groups is 1. The molecule has 12 nitrogen and oxygen atoms in total. The lowest BCUT2D eigenvalue weighted by atomic mass is 10.0. The number of nitrogen functional groups attached to an aromatic ring is 1. The van der Waals surface area contributed by atoms with Crippen LogP contribution in [0, 0.1) is 6.92 Å². The molecule has 0 spiro atoms. The maximum absolute atomic E-state index is 12.4. The molecule has 0 aliphatic carbocycles. The molecule has 0 radical (unpaired) electrons. The van der Waals surface area contributed by atoms with Crippen molar-refractivity contribution in [3.63, 3.8) is 0 Å². The van der Waals surface area contributed by atoms with Gasteiger partial charge in [-0.15, -0.1) is 5.10 Å². The summed E-state index contributed by atoms with van der Waals surface area (Å²) >= 11 is 0. The van der Waals surface area contributed by atoms with Gasteiger partial charge in [0, 0.05) is 37.3 Å². The van der Waals surface area contributed by atoms with Crippen LogP contribution in [0.1, 0.15) is 43.0 Å². The van der Waals surface area contributed by atoms with E-state index in [-0.39, 0.29) is 34.5 Å². The van der Waals surface area contributed by atoms with Crippen molar-refractivity contribution in [2.75, 3.05) is 18.8 Å². The van der Waals surface area contributed by atoms with Gasteiger partial charge >= 0.3 is 5.63 Å². The SMILES string of the molecule is CCCCNCc1cn(CCCNC(=O)Cc2c(C)c3cc(S(=O)(=O)O)c(N)cc3oc2=O)nn1. The molecule has 0 unspecified atom stereocenters. The molecular weight excluding hydrogens is 476 g/mol. The van der Waals surface area contributed by atoms with E-state index in [1.54, 1.807) is 11.6 Å². The fourth-order valence-corrected chi connectivity index (χ4v) is 4.22. The van der Waals surface area contributed by atoms with Gasteiger partial charge in [0.1, 0.15) is 10.5 Å². The van der Waals surface area contributed by atoms with Gasteiger partial charge in [-0.2, -0.15) is 8.42 Å². The molecule has 0 aliphatic heterocycles. The van der Waals surface area contributed by atoms with Gasteiger partial charge in [-0.05, 0) is 37.9 Å². The van der Waals surface area contributed by atoms with Crippen LogP contribution < -0.4 is 22.0 Å². The first-order chi connectivity index (χ1) is 16.6. The predicted molar refractivity (Wildman–Crippen MR) is 129 cm³/mol. The smallest absolute Gasteiger partial charge is 0.340 e. The summed E-state index contributed by atoms with van der Waals surface area (Å²) in [6, 6.07) is 2.29. The van der Waals surface area contributed by atoms with Crippen LogP contribution >= 0.6 is 0 Å². The molecule has 0 fully saturated rings. The van der Waals surface area contributed by atoms with E-state index in [0.717, 1.165) is 37.2 Å². The largest absolute Gasteiger partial charge is 0.422 e. The number of aromatic nitrogens is 3. The van der Waals surface area contributed by atoms with E-state index in [1.807, 2.05) is 6.20 Å². The number of amides is 1. The normalized spacial score (nSPS) is 11.7. The summed E-state index contributed by atoms with van der Waals surface area (Å²) in [5, 5.41) is 14.5. The number of aryl methyl sites for hydroxylation is 2. The first-order valence-corrected chi connectivity index (χ1v) is 12.7. The van der Waals surface area contributed by atoms with E-state index in [1.165, 1.54) is 0 Å². The molecule has 1 aromatic carbocycles. The predicted octanol–water partition coefficient (Wildman–Crippen LogP) is 1.16. The highest BCUT2D eigenvalue weighted by atomic mass is 32.2. The first kappa shape index (κ1) is 26.3. The Labute approximate surface area is 202 Å². The van der Waals surface area contributed by atoms with Crippen LogP contribution in [-0.2, 0) is 34.4 Å². The van der Waals surface area contributed by atoms with E-state index in [2.05, 4.69) is 27.9 Å². The third-order valence-electron chi connectivity index (χ3n) is 5.52. The summed E-state index contributed by atoms with van der Waals surface area (Å²) < 4.78 is 39.5. The highest BCUT2D eigenvalue weighted by Gasteiger charge is 2.20. The number of anilines is 1. The molecule has 35 heavy (non-hydrogen) atoms. The number of hydrogen-bond donors (Lipinski definition) is 4. The second-order valence-corrected chi connectivity index (χ2v) is 9.63. The van der Waals surface area contributed by atoms with Gasteiger partial charge in [-0.25, -0.2) is 4.79 Å². The first-order valence-electron chi connectivity index (χ1n) is 11.3. The van der Waals surface area contributed by atoms with Crippen molar-refractivity contribution in [3.05, 3.63) is 45.6 Å². The van der Waals surface area contributed by atoms with E-state index in [0.29, 0.717) is 31.6 Å². The molecular formula is C22H30N6O6S. The molecule has 0 aliphatic rings. The molecule has 190 valence electrons. The summed E-state index contributed by atoms with van der Waals surface area (Å²) in [4.78, 5) is 24.4. The summed E-state index contributed by atoms with van der Waals surface area (Å²) in [6.07, 6.45) is 4.46. The van der Waals surface area contributed by atoms with E-state index < -0.39 is 20.6 Å². The van der Waals surface area contributed by atoms with E-state index in [9.17, 15) is 22.6 Å². The van der Waals surface area contributed by atoms with Gasteiger partial charge in [0.25, 0.3) is 10.1 Å². The lowest BCUT2D eigenvalue weighted by Gasteiger charge is -2.10. The molecule has 2 heterocycles. The van der Waals surface area contributed by atoms with E-state index >= 15 is 0 Å². The zero-order valence-corrected chi connectivity index (χ0v) is 20.5. The number of carbonyl (C=O) groups excluding carboxylic acids is 1. The van der Waals surface area contributed by atoms with Gasteiger partial charge < -0.3 is 20.8 Å². The van der Waals surface area contributed by atoms with Gasteiger partial charge in [0.15, 0.2) is 0 Å². The topological polar surface area (TPSA) is 182 Å². The second kappa shape index (κ2) is 11.4. The monoisotopic (exact) mass is 506 g/mol. The number of unbranched alkanes of at least 4 members (excludes halogenated alkanes) is 1. The lowest BCUT2D eigenvalue weighted by molar-refractivity contribution is -0.120. The summed E-state index contributed by atoms with van der Waals surface area (Å²) in [5.41, 5.74) is 6.07. The Bertz CT molecular complexity index is 1360. The third kappa shape index (κ3) is 6.87. The molecule has 2 aromatic heterocycles. The molecule has 3 aromatic rings. The maximum atomic E-state index is 12.4. The zero-order chi connectivity index (χ0) is 25.6. The summed E-state index contributed by atoms with van der Waals surface area (Å²) in [5.74, 6) is -0.385. The van der Waals surface area contributed by atoms with Crippen LogP contribution in [0.5, 0.6) is 0 Å². The Morgan fingerprint density at radius 1 is 1.26 bits per heavy atom. The maximum Gasteiger partial charge on any atom is 0.340 e. The van der Waals surface area contributed by atoms with Crippen molar-refractivity contribution >= 4 is 32.7 Å². The van der Waals surface area contributed by atoms with Crippen LogP contribution in [0.2, 0.25) is 0 Å². The highest BCUT2D eigenvalue weighted by Crippen LogP contribution is 2.28. The van der Waals surface area contributed by atoms with Gasteiger partial charge in [-0.1, -0.05) is 18.6 Å². The average Bonchev–Trinajstić information content (AvgIpc) is 3.23. The fourth-order valence-electron chi connectivity index (χ4n) is 3.60. The molecule has 13 heteroatoms. The Morgan fingerprint density at radius 2 is 2.03 bits per heavy atom. The van der Waals surface area contributed by atoms with Crippen LogP contribution in [0.4, 0.5) is 5.69 Å². The Kier molecular flexibility index (Phi) is 8.59. The Morgan fingerprint density at radius 3 is 2.74 bits per heavy atom. The van der Waals surface area contributed by atoms with Crippen molar-refractivity contribution < 1.29 is 22.2 Å². The third-order valence-corrected chi connectivity index (χ3v) is 6.43. The van der Waals surface area contributed by atoms with Crippen LogP contribution in [0.25, 0.3) is 11.0 Å². The fraction of sp³-hybridized carbons (Fsp3) is 0.455. The summed E-state index contributed by atoms with van der Waals surface area (Å²) in [7, 11) is -4.57. The number of fused-ring (bicyclic) bond motifs is 1. The van der Waals surface area contributed by atoms with Crippen LogP contribution in [0.15, 0.2) is 32.4 Å². The summed E-state index contributed by atoms with van der Waals surface area (Å²) in [6.45, 7) is 6.23. The van der Waals surface area contributed by atoms with Crippen molar-refractivity contribution in [1.29, 1.82) is 0 Å². The Balaban J connectivity index is 1.57. The van der Waals surface area contributed by atoms with Gasteiger partial charge in [0.05, 0.1) is 23.4 Å². The minimum atomic E-state index is -4.57. The molecule has 0 atom stereocenters. The van der Waals surface area contributed by atoms with Crippen molar-refractivity contribution in [3.8, 4) is 0 Å². The molecule has 0 saturated heterocycles. The number of nitrogens with one attached hydrogen (secondary N) is 2. The van der Waals surface area contributed by atoms with Crippen LogP contribution in [0.3, 0.4) is 0 Å². The van der Waals surface area contributed by atoms with Crippen molar-refractivity contribution in [2.24, 2.45) is 0 Å². The quantitative estimate of drug-likeness (QED) is 0.120. The molecule has 3 rings (SSSR count). The average molecular weight is 507 g/mol. The lowest BCUT2D eigenvalue weighted by Crippen LogP contribution is -2.29. The number of nitrogens with zero attached hydrogens (tertiary/aromatic N) is 3. The number of rotatable bonds is 12. The molecule has 0 saturated carbocycles. The zero-order valence-electron chi connectivity index (χ0n) is 19.7. The van der Waals surface area contributed by atoms with E-state index in [4.69, 9.17) is 10.2 Å². The molecule has 5 N–H and O–H groups in total. The number of nitrogens with two attached hydrogens (primary N) is 1. The standard InChI is InChI=1S/C22H30N6O6S/c1-3-4-6-24-12-15-13-28(27-26-15)8-5-7-25-21(29)10-17-14(2)16-9-20(35(31,32)33)18(23)11-19(16)34-22(17)30/h9,11,13,24H,3-8,10,12,23H2,1-2H3,(H,25,29)(H,31,32,33). The highest BCUT2D eigenvalue weighted by molar-refractivity contribution is 7.86. The Hall–Kier alpha value is -3.29. The minimum Gasteiger partial charge on any atom is -0.422 e. The van der Waals surface area contributed by atoms with Crippen molar-refractivity contribution in [2.45, 2.75) is 57.5 Å². The van der Waals surface area contributed by atoms with Gasteiger partial charge in [0.2, 0.25) is 5.91 Å². The van der Waals surface area contributed by atoms with Crippen LogP contribution in [-0.4, -0.2) is 47.0 Å². The molecule has 1 amide bonds. The molecule has 0 bridgehead atoms. The number of hydrogen-bond acceptors (Lipinski definition) is 9.